The zero-order valence-corrected chi connectivity index (χ0v) is 9.37. The van der Waals surface area contributed by atoms with Crippen LogP contribution in [0.5, 0.6) is 0 Å². The Balaban J connectivity index is 1.87. The summed E-state index contributed by atoms with van der Waals surface area (Å²) in [5, 5.41) is 0. The molecule has 86 valence electrons. The van der Waals surface area contributed by atoms with Gasteiger partial charge in [-0.15, -0.1) is 0 Å². The standard InChI is InChI=1S/C10H16O4S/c11-10(3-4-15(12,13)14)9-6-7-1-2-8(9)5-7/h7-9H,1-6H2,(H,12,13,14). The molecule has 0 amide bonds. The predicted octanol–water partition coefficient (Wildman–Crippen LogP) is 1.27. The molecule has 1 N–H and O–H groups in total. The fourth-order valence-electron chi connectivity index (χ4n) is 3.05. The van der Waals surface area contributed by atoms with Crippen molar-refractivity contribution in [2.24, 2.45) is 17.8 Å². The average Bonchev–Trinajstić information content (AvgIpc) is 2.73. The van der Waals surface area contributed by atoms with E-state index >= 15 is 0 Å². The Labute approximate surface area is 89.8 Å². The van der Waals surface area contributed by atoms with Gasteiger partial charge in [0, 0.05) is 12.3 Å². The van der Waals surface area contributed by atoms with Crippen LogP contribution in [0.25, 0.3) is 0 Å². The van der Waals surface area contributed by atoms with E-state index in [0.29, 0.717) is 11.8 Å². The van der Waals surface area contributed by atoms with E-state index < -0.39 is 15.9 Å². The highest BCUT2D eigenvalue weighted by atomic mass is 32.2. The van der Waals surface area contributed by atoms with Crippen molar-refractivity contribution < 1.29 is 17.8 Å². The summed E-state index contributed by atoms with van der Waals surface area (Å²) in [6.07, 6.45) is 4.41. The number of fused-ring (bicyclic) bond motifs is 2. The molecule has 2 saturated carbocycles. The normalized spacial score (nSPS) is 34.6. The van der Waals surface area contributed by atoms with E-state index in [1.54, 1.807) is 0 Å². The third-order valence-corrected chi connectivity index (χ3v) is 4.48. The maximum absolute atomic E-state index is 11.7. The van der Waals surface area contributed by atoms with E-state index in [-0.39, 0.29) is 18.1 Å². The smallest absolute Gasteiger partial charge is 0.265 e. The first-order valence-corrected chi connectivity index (χ1v) is 7.04. The van der Waals surface area contributed by atoms with Crippen molar-refractivity contribution in [2.75, 3.05) is 5.75 Å². The number of Topliss-reactive ketones (excluding diaryl/α,β-unsaturated/α-hetero) is 1. The van der Waals surface area contributed by atoms with E-state index in [1.807, 2.05) is 0 Å². The molecule has 0 aromatic carbocycles. The molecule has 0 aromatic rings. The minimum absolute atomic E-state index is 0.0211. The Bertz CT molecular complexity index is 360. The van der Waals surface area contributed by atoms with Gasteiger partial charge in [0.1, 0.15) is 5.78 Å². The Hall–Kier alpha value is -0.420. The van der Waals surface area contributed by atoms with Gasteiger partial charge in [0.25, 0.3) is 10.1 Å². The third-order valence-electron chi connectivity index (χ3n) is 3.76. The van der Waals surface area contributed by atoms with Gasteiger partial charge in [-0.3, -0.25) is 9.35 Å². The number of carbonyl (C=O) groups excluding carboxylic acids is 1. The van der Waals surface area contributed by atoms with Crippen LogP contribution < -0.4 is 0 Å². The van der Waals surface area contributed by atoms with Crippen LogP contribution in [0, 0.1) is 17.8 Å². The van der Waals surface area contributed by atoms with Crippen molar-refractivity contribution in [1.82, 2.24) is 0 Å². The fourth-order valence-corrected chi connectivity index (χ4v) is 3.51. The highest BCUT2D eigenvalue weighted by Crippen LogP contribution is 2.48. The molecule has 15 heavy (non-hydrogen) atoms. The van der Waals surface area contributed by atoms with Crippen molar-refractivity contribution in [1.29, 1.82) is 0 Å². The molecule has 5 heteroatoms. The van der Waals surface area contributed by atoms with Gasteiger partial charge in [-0.1, -0.05) is 6.42 Å². The van der Waals surface area contributed by atoms with E-state index in [9.17, 15) is 13.2 Å². The topological polar surface area (TPSA) is 71.4 Å². The summed E-state index contributed by atoms with van der Waals surface area (Å²) >= 11 is 0. The van der Waals surface area contributed by atoms with Gasteiger partial charge in [0.05, 0.1) is 5.75 Å². The Morgan fingerprint density at radius 1 is 1.27 bits per heavy atom. The number of rotatable bonds is 4. The van der Waals surface area contributed by atoms with Crippen LogP contribution in [0.3, 0.4) is 0 Å². The zero-order chi connectivity index (χ0) is 11.1. The maximum atomic E-state index is 11.7. The van der Waals surface area contributed by atoms with Crippen LogP contribution in [-0.4, -0.2) is 24.5 Å². The molecule has 2 aliphatic rings. The van der Waals surface area contributed by atoms with Gasteiger partial charge in [-0.2, -0.15) is 8.42 Å². The first-order chi connectivity index (χ1) is 6.96. The number of ketones is 1. The van der Waals surface area contributed by atoms with Crippen LogP contribution in [0.15, 0.2) is 0 Å². The quantitative estimate of drug-likeness (QED) is 0.741. The first-order valence-electron chi connectivity index (χ1n) is 5.43. The number of hydrogen-bond donors (Lipinski definition) is 1. The molecule has 3 unspecified atom stereocenters. The minimum Gasteiger partial charge on any atom is -0.299 e. The second-order valence-electron chi connectivity index (χ2n) is 4.78. The summed E-state index contributed by atoms with van der Waals surface area (Å²) in [6.45, 7) is 0. The van der Waals surface area contributed by atoms with Gasteiger partial charge in [-0.05, 0) is 31.1 Å². The zero-order valence-electron chi connectivity index (χ0n) is 8.55. The minimum atomic E-state index is -3.98. The molecule has 0 aliphatic heterocycles. The molecular weight excluding hydrogens is 216 g/mol. The maximum Gasteiger partial charge on any atom is 0.265 e. The third kappa shape index (κ3) is 2.58. The second-order valence-corrected chi connectivity index (χ2v) is 6.36. The lowest BCUT2D eigenvalue weighted by Gasteiger charge is -2.19. The molecule has 0 spiro atoms. The molecule has 4 nitrogen and oxygen atoms in total. The SMILES string of the molecule is O=C(CCS(=O)(=O)O)C1CC2CCC1C2. The van der Waals surface area contributed by atoms with Crippen molar-refractivity contribution >= 4 is 15.9 Å². The van der Waals surface area contributed by atoms with E-state index in [0.717, 1.165) is 19.3 Å². The first kappa shape index (κ1) is 11.1. The second kappa shape index (κ2) is 3.87. The predicted molar refractivity (Wildman–Crippen MR) is 55.0 cm³/mol. The van der Waals surface area contributed by atoms with Crippen LogP contribution in [-0.2, 0) is 14.9 Å². The molecule has 2 rings (SSSR count). The van der Waals surface area contributed by atoms with Crippen molar-refractivity contribution in [3.05, 3.63) is 0 Å². The summed E-state index contributed by atoms with van der Waals surface area (Å²) in [5.41, 5.74) is 0. The van der Waals surface area contributed by atoms with Crippen LogP contribution in [0.2, 0.25) is 0 Å². The van der Waals surface area contributed by atoms with Crippen molar-refractivity contribution in [3.8, 4) is 0 Å². The molecule has 0 aromatic heterocycles. The lowest BCUT2D eigenvalue weighted by Crippen LogP contribution is -2.23. The monoisotopic (exact) mass is 232 g/mol. The fraction of sp³-hybridized carbons (Fsp3) is 0.900. The molecular formula is C10H16O4S. The van der Waals surface area contributed by atoms with Gasteiger partial charge < -0.3 is 0 Å². The summed E-state index contributed by atoms with van der Waals surface area (Å²) < 4.78 is 29.6. The molecule has 2 aliphatic carbocycles. The van der Waals surface area contributed by atoms with Crippen LogP contribution >= 0.6 is 0 Å². The Kier molecular flexibility index (Phi) is 2.85. The highest BCUT2D eigenvalue weighted by molar-refractivity contribution is 7.85. The average molecular weight is 232 g/mol. The van der Waals surface area contributed by atoms with E-state index in [1.165, 1.54) is 6.42 Å². The van der Waals surface area contributed by atoms with Gasteiger partial charge in [0.2, 0.25) is 0 Å². The molecule has 2 bridgehead atoms. The largest absolute Gasteiger partial charge is 0.299 e. The summed E-state index contributed by atoms with van der Waals surface area (Å²) in [5.74, 6) is 0.864. The lowest BCUT2D eigenvalue weighted by molar-refractivity contribution is -0.124. The van der Waals surface area contributed by atoms with E-state index in [4.69, 9.17) is 4.55 Å². The van der Waals surface area contributed by atoms with E-state index in [2.05, 4.69) is 0 Å². The number of hydrogen-bond acceptors (Lipinski definition) is 3. The van der Waals surface area contributed by atoms with Crippen LogP contribution in [0.1, 0.15) is 32.1 Å². The highest BCUT2D eigenvalue weighted by Gasteiger charge is 2.42. The summed E-state index contributed by atoms with van der Waals surface area (Å²) in [7, 11) is -3.98. The van der Waals surface area contributed by atoms with Crippen molar-refractivity contribution in [2.45, 2.75) is 32.1 Å². The molecule has 0 heterocycles. The summed E-state index contributed by atoms with van der Waals surface area (Å²) in [4.78, 5) is 11.7. The van der Waals surface area contributed by atoms with Gasteiger partial charge in [-0.25, -0.2) is 0 Å². The van der Waals surface area contributed by atoms with Crippen molar-refractivity contribution in [3.63, 3.8) is 0 Å². The molecule has 2 fully saturated rings. The number of carbonyl (C=O) groups is 1. The molecule has 3 atom stereocenters. The Morgan fingerprint density at radius 3 is 2.47 bits per heavy atom. The van der Waals surface area contributed by atoms with Gasteiger partial charge >= 0.3 is 0 Å². The van der Waals surface area contributed by atoms with Crippen LogP contribution in [0.4, 0.5) is 0 Å². The van der Waals surface area contributed by atoms with Gasteiger partial charge in [0.15, 0.2) is 0 Å². The Morgan fingerprint density at radius 2 is 2.00 bits per heavy atom. The summed E-state index contributed by atoms with van der Waals surface area (Å²) in [6, 6.07) is 0. The lowest BCUT2D eigenvalue weighted by atomic mass is 9.85. The molecule has 0 saturated heterocycles. The molecule has 0 radical (unpaired) electrons.